The summed E-state index contributed by atoms with van der Waals surface area (Å²) in [5, 5.41) is 10.6. The molecular formula is C22H24ClFN2O4S. The number of halogens is 2. The number of aryl methyl sites for hydroxylation is 1. The summed E-state index contributed by atoms with van der Waals surface area (Å²) in [5.41, 5.74) is 2.16. The second-order valence-electron chi connectivity index (χ2n) is 8.24. The molecule has 2 aromatic rings. The molecule has 2 heterocycles. The van der Waals surface area contributed by atoms with Crippen molar-refractivity contribution in [1.29, 1.82) is 0 Å². The number of benzene rings is 2. The molecule has 0 saturated carbocycles. The summed E-state index contributed by atoms with van der Waals surface area (Å²) in [6.07, 6.45) is 0.533. The van der Waals surface area contributed by atoms with E-state index < -0.39 is 39.9 Å². The van der Waals surface area contributed by atoms with E-state index in [2.05, 4.69) is 0 Å². The maximum absolute atomic E-state index is 14.8. The van der Waals surface area contributed by atoms with Crippen LogP contribution in [0.15, 0.2) is 35.2 Å². The minimum Gasteiger partial charge on any atom is -0.480 e. The number of rotatable bonds is 4. The number of nitrogens with zero attached hydrogens (tertiary/aromatic N) is 2. The number of hydrogen-bond acceptors (Lipinski definition) is 4. The van der Waals surface area contributed by atoms with Gasteiger partial charge in [-0.25, -0.2) is 12.8 Å². The minimum atomic E-state index is -4.16. The van der Waals surface area contributed by atoms with E-state index in [0.29, 0.717) is 35.7 Å². The molecule has 0 aromatic heterocycles. The summed E-state index contributed by atoms with van der Waals surface area (Å²) in [6, 6.07) is 5.97. The second kappa shape index (κ2) is 7.76. The van der Waals surface area contributed by atoms with Crippen molar-refractivity contribution in [3.8, 4) is 0 Å². The van der Waals surface area contributed by atoms with Crippen molar-refractivity contribution >= 4 is 33.3 Å². The number of sulfonamides is 1. The standard InChI is InChI=1S/C22H24ClFN2O4S/c1-12-6-8-16(24)20(13(12)2)14(3)21(22(27)28)26-19-5-4-10-25(19)17-11-15(23)7-9-18(17)31(26,29)30/h6-9,11,14,19,21H,4-5,10H2,1-3H3,(H,27,28)/t14?,19?,21-/m0/s1. The van der Waals surface area contributed by atoms with Crippen LogP contribution in [-0.2, 0) is 14.8 Å². The molecule has 3 atom stereocenters. The van der Waals surface area contributed by atoms with E-state index in [-0.39, 0.29) is 10.5 Å². The lowest BCUT2D eigenvalue weighted by Crippen LogP contribution is -2.59. The van der Waals surface area contributed by atoms with E-state index in [1.165, 1.54) is 18.2 Å². The smallest absolute Gasteiger partial charge is 0.322 e. The van der Waals surface area contributed by atoms with Gasteiger partial charge in [-0.1, -0.05) is 24.6 Å². The first-order valence-corrected chi connectivity index (χ1v) is 12.0. The lowest BCUT2D eigenvalue weighted by Gasteiger charge is -2.45. The Hall–Kier alpha value is -2.16. The number of hydrogen-bond donors (Lipinski definition) is 1. The Bertz CT molecular complexity index is 1170. The molecule has 0 amide bonds. The van der Waals surface area contributed by atoms with Crippen LogP contribution in [0.1, 0.15) is 42.4 Å². The maximum Gasteiger partial charge on any atom is 0.322 e. The average molecular weight is 467 g/mol. The van der Waals surface area contributed by atoms with Gasteiger partial charge in [0.15, 0.2) is 0 Å². The highest BCUT2D eigenvalue weighted by Gasteiger charge is 2.52. The van der Waals surface area contributed by atoms with Gasteiger partial charge in [0, 0.05) is 17.5 Å². The van der Waals surface area contributed by atoms with Gasteiger partial charge in [0.05, 0.1) is 11.9 Å². The van der Waals surface area contributed by atoms with Crippen molar-refractivity contribution in [2.45, 2.75) is 56.6 Å². The van der Waals surface area contributed by atoms with Crippen LogP contribution in [0, 0.1) is 19.7 Å². The number of carboxylic acid groups (broad SMARTS) is 1. The summed E-state index contributed by atoms with van der Waals surface area (Å²) in [5.74, 6) is -2.74. The molecule has 2 aromatic carbocycles. The number of anilines is 1. The van der Waals surface area contributed by atoms with Crippen molar-refractivity contribution in [1.82, 2.24) is 4.31 Å². The predicted molar refractivity (Wildman–Crippen MR) is 117 cm³/mol. The third kappa shape index (κ3) is 3.41. The van der Waals surface area contributed by atoms with Crippen molar-refractivity contribution in [2.24, 2.45) is 0 Å². The van der Waals surface area contributed by atoms with Gasteiger partial charge in [-0.3, -0.25) is 4.79 Å². The van der Waals surface area contributed by atoms with Crippen LogP contribution in [0.25, 0.3) is 0 Å². The highest BCUT2D eigenvalue weighted by Crippen LogP contribution is 2.45. The zero-order chi connectivity index (χ0) is 22.7. The molecule has 0 spiro atoms. The quantitative estimate of drug-likeness (QED) is 0.727. The van der Waals surface area contributed by atoms with Crippen LogP contribution in [0.2, 0.25) is 5.02 Å². The van der Waals surface area contributed by atoms with E-state index in [4.69, 9.17) is 11.6 Å². The van der Waals surface area contributed by atoms with Gasteiger partial charge in [0.25, 0.3) is 0 Å². The van der Waals surface area contributed by atoms with Crippen LogP contribution in [0.5, 0.6) is 0 Å². The Morgan fingerprint density at radius 2 is 1.97 bits per heavy atom. The fraction of sp³-hybridized carbons (Fsp3) is 0.409. The van der Waals surface area contributed by atoms with E-state index in [1.54, 1.807) is 26.0 Å². The average Bonchev–Trinajstić information content (AvgIpc) is 3.17. The summed E-state index contributed by atoms with van der Waals surface area (Å²) in [7, 11) is -4.16. The van der Waals surface area contributed by atoms with Gasteiger partial charge in [0.1, 0.15) is 16.8 Å². The summed E-state index contributed by atoms with van der Waals surface area (Å²) in [4.78, 5) is 14.4. The molecule has 0 aliphatic carbocycles. The fourth-order valence-electron chi connectivity index (χ4n) is 4.90. The van der Waals surface area contributed by atoms with Crippen LogP contribution < -0.4 is 4.90 Å². The Morgan fingerprint density at radius 3 is 2.65 bits per heavy atom. The monoisotopic (exact) mass is 466 g/mol. The highest BCUT2D eigenvalue weighted by molar-refractivity contribution is 7.89. The summed E-state index contributed by atoms with van der Waals surface area (Å²) < 4.78 is 43.3. The molecule has 1 saturated heterocycles. The second-order valence-corrected chi connectivity index (χ2v) is 10.5. The topological polar surface area (TPSA) is 77.9 Å². The molecule has 9 heteroatoms. The molecule has 166 valence electrons. The molecule has 1 N–H and O–H groups in total. The van der Waals surface area contributed by atoms with Crippen molar-refractivity contribution in [3.63, 3.8) is 0 Å². The largest absolute Gasteiger partial charge is 0.480 e. The fourth-order valence-corrected chi connectivity index (χ4v) is 7.09. The Labute approximate surface area is 186 Å². The lowest BCUT2D eigenvalue weighted by molar-refractivity contribution is -0.142. The molecule has 31 heavy (non-hydrogen) atoms. The highest BCUT2D eigenvalue weighted by atomic mass is 35.5. The molecule has 2 unspecified atom stereocenters. The van der Waals surface area contributed by atoms with Gasteiger partial charge in [-0.15, -0.1) is 0 Å². The molecule has 4 rings (SSSR count). The van der Waals surface area contributed by atoms with Gasteiger partial charge >= 0.3 is 5.97 Å². The van der Waals surface area contributed by atoms with Crippen molar-refractivity contribution < 1.29 is 22.7 Å². The Morgan fingerprint density at radius 1 is 1.26 bits per heavy atom. The lowest BCUT2D eigenvalue weighted by atomic mass is 9.87. The van der Waals surface area contributed by atoms with Gasteiger partial charge in [-0.2, -0.15) is 4.31 Å². The predicted octanol–water partition coefficient (Wildman–Crippen LogP) is 4.28. The van der Waals surface area contributed by atoms with Gasteiger partial charge in [0.2, 0.25) is 10.0 Å². The number of carboxylic acids is 1. The zero-order valence-corrected chi connectivity index (χ0v) is 19.0. The van der Waals surface area contributed by atoms with Crippen molar-refractivity contribution in [2.75, 3.05) is 11.4 Å². The number of fused-ring (bicyclic) bond motifs is 3. The summed E-state index contributed by atoms with van der Waals surface area (Å²) in [6.45, 7) is 5.71. The normalized spacial score (nSPS) is 22.0. The third-order valence-electron chi connectivity index (χ3n) is 6.49. The Kier molecular flexibility index (Phi) is 5.52. The van der Waals surface area contributed by atoms with Crippen LogP contribution in [-0.4, -0.2) is 42.6 Å². The van der Waals surface area contributed by atoms with Crippen LogP contribution in [0.4, 0.5) is 10.1 Å². The maximum atomic E-state index is 14.8. The van der Waals surface area contributed by atoms with E-state index >= 15 is 0 Å². The molecule has 0 radical (unpaired) electrons. The molecule has 2 aliphatic rings. The van der Waals surface area contributed by atoms with Crippen LogP contribution >= 0.6 is 11.6 Å². The van der Waals surface area contributed by atoms with Crippen molar-refractivity contribution in [3.05, 3.63) is 57.9 Å². The molecule has 6 nitrogen and oxygen atoms in total. The first-order valence-electron chi connectivity index (χ1n) is 10.1. The number of aliphatic carboxylic acids is 1. The number of carbonyl (C=O) groups is 1. The Balaban J connectivity index is 1.90. The van der Waals surface area contributed by atoms with E-state index in [0.717, 1.165) is 9.87 Å². The molecule has 2 aliphatic heterocycles. The SMILES string of the molecule is Cc1ccc(F)c(C(C)[C@@H](C(=O)O)N2C3CCCN3c3cc(Cl)ccc3S2(=O)=O)c1C. The van der Waals surface area contributed by atoms with E-state index in [9.17, 15) is 22.7 Å². The van der Waals surface area contributed by atoms with Crippen LogP contribution in [0.3, 0.4) is 0 Å². The minimum absolute atomic E-state index is 0.0231. The summed E-state index contributed by atoms with van der Waals surface area (Å²) >= 11 is 6.12. The molecule has 0 bridgehead atoms. The van der Waals surface area contributed by atoms with Gasteiger partial charge < -0.3 is 10.0 Å². The molecular weight excluding hydrogens is 443 g/mol. The third-order valence-corrected chi connectivity index (χ3v) is 8.65. The zero-order valence-electron chi connectivity index (χ0n) is 17.5. The first-order chi connectivity index (χ1) is 14.6. The molecule has 1 fully saturated rings. The van der Waals surface area contributed by atoms with E-state index in [1.807, 2.05) is 11.8 Å². The van der Waals surface area contributed by atoms with Gasteiger partial charge in [-0.05, 0) is 67.6 Å². The first kappa shape index (κ1) is 22.0.